The van der Waals surface area contributed by atoms with Crippen LogP contribution in [0.25, 0.3) is 0 Å². The first kappa shape index (κ1) is 20.0. The maximum absolute atomic E-state index is 10.7. The Morgan fingerprint density at radius 1 is 1.18 bits per heavy atom. The van der Waals surface area contributed by atoms with E-state index in [1.165, 1.54) is 0 Å². The van der Waals surface area contributed by atoms with E-state index in [4.69, 9.17) is 9.66 Å². The molecular formula is C10H21O10S2+. The third-order valence-corrected chi connectivity index (χ3v) is 6.62. The molecule has 0 aromatic carbocycles. The average Bonchev–Trinajstić information content (AvgIpc) is 2.68. The van der Waals surface area contributed by atoms with Gasteiger partial charge in [-0.15, -0.1) is 0 Å². The van der Waals surface area contributed by atoms with E-state index in [0.717, 1.165) is 0 Å². The van der Waals surface area contributed by atoms with Crippen molar-refractivity contribution in [3.05, 3.63) is 0 Å². The van der Waals surface area contributed by atoms with Crippen LogP contribution in [-0.4, -0.2) is 104 Å². The van der Waals surface area contributed by atoms with E-state index in [2.05, 4.69) is 4.18 Å². The third-order valence-electron chi connectivity index (χ3n) is 3.33. The number of rotatable bonds is 8. The molecule has 10 nitrogen and oxygen atoms in total. The van der Waals surface area contributed by atoms with Gasteiger partial charge in [-0.05, 0) is 0 Å². The van der Waals surface area contributed by atoms with Gasteiger partial charge in [0.05, 0.1) is 13.2 Å². The van der Waals surface area contributed by atoms with Gasteiger partial charge in [0.25, 0.3) is 0 Å². The normalized spacial score (nSPS) is 33.6. The van der Waals surface area contributed by atoms with Gasteiger partial charge in [-0.1, -0.05) is 0 Å². The van der Waals surface area contributed by atoms with Crippen molar-refractivity contribution in [2.24, 2.45) is 0 Å². The van der Waals surface area contributed by atoms with E-state index in [9.17, 15) is 34.0 Å². The fourth-order valence-corrected chi connectivity index (χ4v) is 5.45. The van der Waals surface area contributed by atoms with Crippen LogP contribution < -0.4 is 0 Å². The van der Waals surface area contributed by atoms with Gasteiger partial charge in [0.2, 0.25) is 0 Å². The van der Waals surface area contributed by atoms with Gasteiger partial charge in [-0.3, -0.25) is 4.55 Å². The molecule has 0 aromatic rings. The first-order valence-corrected chi connectivity index (χ1v) is 9.35. The van der Waals surface area contributed by atoms with Crippen LogP contribution in [0.4, 0.5) is 0 Å². The highest BCUT2D eigenvalue weighted by Crippen LogP contribution is 2.25. The SMILES string of the molecule is O=S(=O)(O)O[C@@H]([C@H](O)C[S+]1C[C@@H](O)[C@H](O)[C@H]1CO)[C@@H](O)CO. The van der Waals surface area contributed by atoms with Gasteiger partial charge < -0.3 is 30.6 Å². The molecule has 7 N–H and O–H groups in total. The second-order valence-electron chi connectivity index (χ2n) is 4.96. The number of hydrogen-bond donors (Lipinski definition) is 7. The molecule has 1 aliphatic heterocycles. The second-order valence-corrected chi connectivity index (χ2v) is 8.35. The monoisotopic (exact) mass is 365 g/mol. The standard InChI is InChI=1S/C10H20O10S2/c11-1-5(13)10(20-22(17,18)19)7(15)4-21-3-6(14)9(16)8(21)2-12/h5-16H,1-4H2/p+1/t5-,6+,7+,8+,9-,10+,21?/m0/s1. The molecule has 0 bridgehead atoms. The van der Waals surface area contributed by atoms with Crippen LogP contribution in [0, 0.1) is 0 Å². The fourth-order valence-electron chi connectivity index (χ4n) is 2.23. The lowest BCUT2D eigenvalue weighted by Gasteiger charge is -2.24. The van der Waals surface area contributed by atoms with E-state index in [1.807, 2.05) is 0 Å². The molecule has 7 atom stereocenters. The summed E-state index contributed by atoms with van der Waals surface area (Å²) in [4.78, 5) is 0. The summed E-state index contributed by atoms with van der Waals surface area (Å²) >= 11 is 0. The largest absolute Gasteiger partial charge is 0.397 e. The van der Waals surface area contributed by atoms with E-state index < -0.39 is 70.3 Å². The van der Waals surface area contributed by atoms with Gasteiger partial charge >= 0.3 is 10.4 Å². The van der Waals surface area contributed by atoms with Crippen molar-refractivity contribution in [2.45, 2.75) is 35.8 Å². The Hall–Kier alpha value is -0.0200. The molecule has 0 spiro atoms. The molecule has 0 aliphatic carbocycles. The summed E-state index contributed by atoms with van der Waals surface area (Å²) < 4.78 is 34.3. The van der Waals surface area contributed by atoms with Gasteiger partial charge in [0.1, 0.15) is 42.0 Å². The maximum Gasteiger partial charge on any atom is 0.397 e. The molecule has 0 radical (unpaired) electrons. The van der Waals surface area contributed by atoms with Crippen LogP contribution in [0.15, 0.2) is 0 Å². The van der Waals surface area contributed by atoms with Gasteiger partial charge in [0, 0.05) is 10.9 Å². The van der Waals surface area contributed by atoms with Crippen molar-refractivity contribution >= 4 is 21.3 Å². The Morgan fingerprint density at radius 3 is 2.23 bits per heavy atom. The Morgan fingerprint density at radius 2 is 1.77 bits per heavy atom. The number of aliphatic hydroxyl groups is 6. The highest BCUT2D eigenvalue weighted by molar-refractivity contribution is 7.97. The number of hydrogen-bond acceptors (Lipinski definition) is 9. The predicted molar refractivity (Wildman–Crippen MR) is 75.5 cm³/mol. The summed E-state index contributed by atoms with van der Waals surface area (Å²) in [5, 5.41) is 56.1. The minimum Gasteiger partial charge on any atom is -0.394 e. The molecule has 1 fully saturated rings. The smallest absolute Gasteiger partial charge is 0.394 e. The second kappa shape index (κ2) is 8.19. The molecule has 22 heavy (non-hydrogen) atoms. The molecular weight excluding hydrogens is 344 g/mol. The van der Waals surface area contributed by atoms with Crippen LogP contribution in [0.3, 0.4) is 0 Å². The Bertz CT molecular complexity index is 443. The summed E-state index contributed by atoms with van der Waals surface area (Å²) in [5.74, 6) is -0.117. The van der Waals surface area contributed by atoms with E-state index >= 15 is 0 Å². The molecule has 1 rings (SSSR count). The van der Waals surface area contributed by atoms with Crippen molar-refractivity contribution in [1.82, 2.24) is 0 Å². The molecule has 132 valence electrons. The molecule has 0 amide bonds. The van der Waals surface area contributed by atoms with Crippen LogP contribution in [-0.2, 0) is 25.5 Å². The summed E-state index contributed by atoms with van der Waals surface area (Å²) in [7, 11) is -5.85. The Balaban J connectivity index is 2.80. The van der Waals surface area contributed by atoms with Crippen LogP contribution in [0.2, 0.25) is 0 Å². The highest BCUT2D eigenvalue weighted by Gasteiger charge is 2.51. The average molecular weight is 365 g/mol. The first-order chi connectivity index (χ1) is 10.1. The van der Waals surface area contributed by atoms with E-state index in [1.54, 1.807) is 0 Å². The molecule has 1 saturated heterocycles. The zero-order valence-corrected chi connectivity index (χ0v) is 13.1. The van der Waals surface area contributed by atoms with Gasteiger partial charge in [0.15, 0.2) is 5.25 Å². The summed E-state index contributed by atoms with van der Waals surface area (Å²) in [6, 6.07) is 0. The Kier molecular flexibility index (Phi) is 7.45. The summed E-state index contributed by atoms with van der Waals surface area (Å²) in [6.45, 7) is -1.36. The van der Waals surface area contributed by atoms with Gasteiger partial charge in [-0.2, -0.15) is 8.42 Å². The van der Waals surface area contributed by atoms with Crippen molar-refractivity contribution in [3.8, 4) is 0 Å². The maximum atomic E-state index is 10.7. The molecule has 12 heteroatoms. The van der Waals surface area contributed by atoms with E-state index in [-0.39, 0.29) is 11.5 Å². The van der Waals surface area contributed by atoms with Crippen LogP contribution >= 0.6 is 0 Å². The zero-order chi connectivity index (χ0) is 17.1. The van der Waals surface area contributed by atoms with Crippen LogP contribution in [0.1, 0.15) is 0 Å². The quantitative estimate of drug-likeness (QED) is 0.164. The molecule has 1 heterocycles. The van der Waals surface area contributed by atoms with Crippen molar-refractivity contribution in [1.29, 1.82) is 0 Å². The lowest BCUT2D eigenvalue weighted by atomic mass is 10.1. The zero-order valence-electron chi connectivity index (χ0n) is 11.5. The van der Waals surface area contributed by atoms with Crippen LogP contribution in [0.5, 0.6) is 0 Å². The third kappa shape index (κ3) is 5.26. The first-order valence-electron chi connectivity index (χ1n) is 6.36. The lowest BCUT2D eigenvalue weighted by Crippen LogP contribution is -2.47. The summed E-state index contributed by atoms with van der Waals surface area (Å²) in [6.07, 6.45) is -7.47. The van der Waals surface area contributed by atoms with E-state index in [0.29, 0.717) is 0 Å². The minimum absolute atomic E-state index is 0.0806. The van der Waals surface area contributed by atoms with Gasteiger partial charge in [-0.25, -0.2) is 4.18 Å². The highest BCUT2D eigenvalue weighted by atomic mass is 32.3. The topological polar surface area (TPSA) is 185 Å². The molecule has 0 aromatic heterocycles. The molecule has 1 unspecified atom stereocenters. The molecule has 1 aliphatic rings. The fraction of sp³-hybridized carbons (Fsp3) is 1.00. The lowest BCUT2D eigenvalue weighted by molar-refractivity contribution is -0.0563. The predicted octanol–water partition coefficient (Wildman–Crippen LogP) is -4.40. The van der Waals surface area contributed by atoms with Crippen molar-refractivity contribution in [2.75, 3.05) is 24.7 Å². The number of aliphatic hydroxyl groups excluding tert-OH is 6. The minimum atomic E-state index is -4.97. The van der Waals surface area contributed by atoms with Crippen molar-refractivity contribution in [3.63, 3.8) is 0 Å². The molecule has 0 saturated carbocycles. The summed E-state index contributed by atoms with van der Waals surface area (Å²) in [5.41, 5.74) is 0. The van der Waals surface area contributed by atoms with Crippen molar-refractivity contribution < 1.29 is 47.8 Å². The Labute approximate surface area is 130 Å².